The molecule has 0 atom stereocenters. The molecule has 0 amide bonds. The maximum absolute atomic E-state index is 14.0. The van der Waals surface area contributed by atoms with Crippen LogP contribution in [0.1, 0.15) is 19.0 Å². The number of rotatable bonds is 4. The summed E-state index contributed by atoms with van der Waals surface area (Å²) in [6.45, 7) is 1.82. The minimum atomic E-state index is -0.913. The number of nitrogens with zero attached hydrogens (tertiary/aromatic N) is 2. The second kappa shape index (κ2) is 6.04. The number of benzene rings is 1. The zero-order valence-corrected chi connectivity index (χ0v) is 12.8. The van der Waals surface area contributed by atoms with E-state index in [2.05, 4.69) is 10.1 Å². The Bertz CT molecular complexity index is 959. The lowest BCUT2D eigenvalue weighted by atomic mass is 10.1. The van der Waals surface area contributed by atoms with Gasteiger partial charge in [-0.3, -0.25) is 4.79 Å². The summed E-state index contributed by atoms with van der Waals surface area (Å²) in [6, 6.07) is 3.25. The van der Waals surface area contributed by atoms with Gasteiger partial charge < -0.3 is 15.2 Å². The number of halogens is 2. The van der Waals surface area contributed by atoms with Crippen LogP contribution in [0.3, 0.4) is 0 Å². The van der Waals surface area contributed by atoms with E-state index in [4.69, 9.17) is 0 Å². The van der Waals surface area contributed by atoms with Gasteiger partial charge in [-0.25, -0.2) is 13.5 Å². The van der Waals surface area contributed by atoms with Crippen LogP contribution >= 0.6 is 0 Å². The fourth-order valence-electron chi connectivity index (χ4n) is 2.69. The van der Waals surface area contributed by atoms with E-state index in [9.17, 15) is 23.8 Å². The molecule has 0 fully saturated rings. The highest BCUT2D eigenvalue weighted by molar-refractivity contribution is 5.84. The normalized spacial score (nSPS) is 11.3. The first-order valence-electron chi connectivity index (χ1n) is 7.39. The van der Waals surface area contributed by atoms with Crippen molar-refractivity contribution in [2.75, 3.05) is 0 Å². The number of aromatic amines is 1. The van der Waals surface area contributed by atoms with Crippen molar-refractivity contribution in [1.29, 1.82) is 0 Å². The minimum absolute atomic E-state index is 0.00366. The van der Waals surface area contributed by atoms with Crippen molar-refractivity contribution in [3.8, 4) is 17.0 Å². The summed E-state index contributed by atoms with van der Waals surface area (Å²) in [5.41, 5.74) is -1.43. The van der Waals surface area contributed by atoms with Crippen LogP contribution < -0.4 is 5.43 Å². The highest BCUT2D eigenvalue weighted by atomic mass is 19.1. The van der Waals surface area contributed by atoms with Crippen LogP contribution in [0.15, 0.2) is 23.0 Å². The molecule has 1 aromatic carbocycles. The molecule has 0 saturated carbocycles. The van der Waals surface area contributed by atoms with E-state index in [1.165, 1.54) is 10.7 Å². The number of aliphatic hydroxyl groups excluding tert-OH is 1. The van der Waals surface area contributed by atoms with Gasteiger partial charge in [-0.15, -0.1) is 0 Å². The molecule has 0 unspecified atom stereocenters. The Morgan fingerprint density at radius 1 is 1.29 bits per heavy atom. The highest BCUT2D eigenvalue weighted by Crippen LogP contribution is 2.31. The van der Waals surface area contributed by atoms with E-state index in [1.807, 2.05) is 6.92 Å². The maximum atomic E-state index is 14.0. The molecule has 8 heteroatoms. The van der Waals surface area contributed by atoms with Crippen LogP contribution in [0.2, 0.25) is 0 Å². The molecule has 0 aliphatic carbocycles. The number of hydrogen-bond acceptors (Lipinski definition) is 4. The van der Waals surface area contributed by atoms with Crippen LogP contribution in [0.4, 0.5) is 8.78 Å². The van der Waals surface area contributed by atoms with Crippen molar-refractivity contribution in [3.63, 3.8) is 0 Å². The lowest BCUT2D eigenvalue weighted by molar-refractivity contribution is 0.276. The summed E-state index contributed by atoms with van der Waals surface area (Å²) in [6.07, 6.45) is 0.688. The van der Waals surface area contributed by atoms with E-state index in [-0.39, 0.29) is 22.4 Å². The smallest absolute Gasteiger partial charge is 0.235 e. The zero-order chi connectivity index (χ0) is 17.4. The Kier molecular flexibility index (Phi) is 4.06. The van der Waals surface area contributed by atoms with Gasteiger partial charge in [0.25, 0.3) is 0 Å². The van der Waals surface area contributed by atoms with Gasteiger partial charge in [-0.1, -0.05) is 13.0 Å². The predicted molar refractivity (Wildman–Crippen MR) is 83.6 cm³/mol. The molecular weight excluding hydrogens is 320 g/mol. The van der Waals surface area contributed by atoms with Crippen molar-refractivity contribution in [2.24, 2.45) is 0 Å². The van der Waals surface area contributed by atoms with Gasteiger partial charge in [0, 0.05) is 6.54 Å². The molecule has 126 valence electrons. The molecule has 6 nitrogen and oxygen atoms in total. The SMILES string of the molecule is CCCn1nc(CO)c2c(=O)c(O)c(-c3c(F)cccc3F)[nH]c21. The van der Waals surface area contributed by atoms with Crippen LogP contribution in [0, 0.1) is 11.6 Å². The Morgan fingerprint density at radius 2 is 1.96 bits per heavy atom. The van der Waals surface area contributed by atoms with Crippen LogP contribution in [-0.2, 0) is 13.2 Å². The molecule has 3 rings (SSSR count). The fraction of sp³-hybridized carbons (Fsp3) is 0.250. The number of nitrogens with one attached hydrogen (secondary N) is 1. The van der Waals surface area contributed by atoms with Gasteiger partial charge in [-0.2, -0.15) is 5.10 Å². The molecule has 0 aliphatic rings. The molecule has 0 saturated heterocycles. The topological polar surface area (TPSA) is 91.1 Å². The minimum Gasteiger partial charge on any atom is -0.503 e. The average molecular weight is 335 g/mol. The number of aryl methyl sites for hydroxylation is 1. The Labute approximate surface area is 135 Å². The van der Waals surface area contributed by atoms with Crippen molar-refractivity contribution in [3.05, 3.63) is 45.8 Å². The fourth-order valence-corrected chi connectivity index (χ4v) is 2.69. The summed E-state index contributed by atoms with van der Waals surface area (Å²) < 4.78 is 29.5. The summed E-state index contributed by atoms with van der Waals surface area (Å²) in [4.78, 5) is 15.2. The number of aromatic nitrogens is 3. The number of pyridine rings is 1. The van der Waals surface area contributed by atoms with Gasteiger partial charge >= 0.3 is 0 Å². The number of hydrogen-bond donors (Lipinski definition) is 3. The third kappa shape index (κ3) is 2.35. The molecule has 0 bridgehead atoms. The Balaban J connectivity index is 2.41. The first-order chi connectivity index (χ1) is 11.5. The van der Waals surface area contributed by atoms with Gasteiger partial charge in [0.2, 0.25) is 5.43 Å². The second-order valence-electron chi connectivity index (χ2n) is 5.33. The first-order valence-corrected chi connectivity index (χ1v) is 7.39. The zero-order valence-electron chi connectivity index (χ0n) is 12.8. The standard InChI is InChI=1S/C16H15F2N3O3/c1-2-6-21-16-12(10(7-22)20-21)14(23)15(24)13(19-16)11-8(17)4-3-5-9(11)18/h3-5,22,24H,2,6-7H2,1H3,(H,19,23). The number of fused-ring (bicyclic) bond motifs is 1. The van der Waals surface area contributed by atoms with E-state index >= 15 is 0 Å². The van der Waals surface area contributed by atoms with E-state index in [0.29, 0.717) is 13.0 Å². The second-order valence-corrected chi connectivity index (χ2v) is 5.33. The Morgan fingerprint density at radius 3 is 2.54 bits per heavy atom. The van der Waals surface area contributed by atoms with Gasteiger partial charge in [0.05, 0.1) is 23.3 Å². The molecule has 2 heterocycles. The number of H-pyrrole nitrogens is 1. The van der Waals surface area contributed by atoms with Crippen LogP contribution in [0.5, 0.6) is 5.75 Å². The number of aliphatic hydroxyl groups is 1. The lowest BCUT2D eigenvalue weighted by Crippen LogP contribution is -2.08. The summed E-state index contributed by atoms with van der Waals surface area (Å²) in [5, 5.41) is 23.7. The molecule has 0 radical (unpaired) electrons. The molecule has 3 aromatic rings. The molecule has 2 aromatic heterocycles. The molecular formula is C16H15F2N3O3. The monoisotopic (exact) mass is 335 g/mol. The number of aromatic hydroxyl groups is 1. The molecule has 0 aliphatic heterocycles. The quantitative estimate of drug-likeness (QED) is 0.682. The van der Waals surface area contributed by atoms with Gasteiger partial charge in [0.1, 0.15) is 23.0 Å². The summed E-state index contributed by atoms with van der Waals surface area (Å²) in [7, 11) is 0. The highest BCUT2D eigenvalue weighted by Gasteiger charge is 2.23. The largest absolute Gasteiger partial charge is 0.503 e. The van der Waals surface area contributed by atoms with Crippen molar-refractivity contribution in [1.82, 2.24) is 14.8 Å². The molecule has 3 N–H and O–H groups in total. The molecule has 0 spiro atoms. The first kappa shape index (κ1) is 16.1. The van der Waals surface area contributed by atoms with Gasteiger partial charge in [0.15, 0.2) is 5.75 Å². The average Bonchev–Trinajstić information content (AvgIpc) is 2.90. The van der Waals surface area contributed by atoms with Crippen molar-refractivity contribution >= 4 is 11.0 Å². The van der Waals surface area contributed by atoms with Crippen LogP contribution in [-0.4, -0.2) is 25.0 Å². The van der Waals surface area contributed by atoms with Gasteiger partial charge in [-0.05, 0) is 18.6 Å². The summed E-state index contributed by atoms with van der Waals surface area (Å²) in [5.74, 6) is -2.65. The third-order valence-corrected chi connectivity index (χ3v) is 3.75. The Hall–Kier alpha value is -2.74. The van der Waals surface area contributed by atoms with E-state index in [1.54, 1.807) is 0 Å². The lowest BCUT2D eigenvalue weighted by Gasteiger charge is -2.09. The van der Waals surface area contributed by atoms with Crippen molar-refractivity contribution in [2.45, 2.75) is 26.5 Å². The third-order valence-electron chi connectivity index (χ3n) is 3.75. The van der Waals surface area contributed by atoms with Crippen molar-refractivity contribution < 1.29 is 19.0 Å². The van der Waals surface area contributed by atoms with E-state index < -0.39 is 35.0 Å². The van der Waals surface area contributed by atoms with E-state index in [0.717, 1.165) is 12.1 Å². The predicted octanol–water partition coefficient (Wildman–Crippen LogP) is 2.28. The maximum Gasteiger partial charge on any atom is 0.235 e. The summed E-state index contributed by atoms with van der Waals surface area (Å²) >= 11 is 0. The van der Waals surface area contributed by atoms with Crippen LogP contribution in [0.25, 0.3) is 22.3 Å². The molecule has 24 heavy (non-hydrogen) atoms.